The Morgan fingerprint density at radius 3 is 2.41 bits per heavy atom. The second kappa shape index (κ2) is 8.61. The highest BCUT2D eigenvalue weighted by Crippen LogP contribution is 2.46. The first-order chi connectivity index (χ1) is 19.2. The standard InChI is InChI=1S/C37H32N2/c1-3-29-21-33(32-19-16-26-11-10-22(2)38-36(26)37(32)39-29)28-9-5-8-27(20-28)30-17-14-25-13-12-23-6-4-7-24-15-18-31(30)35(25)34(23)24/h4-7,9-22,27,29,38-39H,3,8H2,1-2H3. The van der Waals surface area contributed by atoms with E-state index in [2.05, 4.69) is 128 Å². The number of benzene rings is 5. The van der Waals surface area contributed by atoms with E-state index in [4.69, 9.17) is 0 Å². The zero-order chi connectivity index (χ0) is 26.1. The lowest BCUT2D eigenvalue weighted by Crippen LogP contribution is -2.25. The fraction of sp³-hybridized carbons (Fsp3) is 0.189. The van der Waals surface area contributed by atoms with Gasteiger partial charge in [-0.2, -0.15) is 0 Å². The molecule has 5 aromatic carbocycles. The molecular formula is C37H32N2. The number of anilines is 2. The van der Waals surface area contributed by atoms with Crippen molar-refractivity contribution in [1.82, 2.24) is 0 Å². The van der Waals surface area contributed by atoms with E-state index >= 15 is 0 Å². The average Bonchev–Trinajstić information content (AvgIpc) is 2.99. The van der Waals surface area contributed by atoms with Gasteiger partial charge in [0.05, 0.1) is 11.4 Å². The molecule has 2 nitrogen and oxygen atoms in total. The lowest BCUT2D eigenvalue weighted by molar-refractivity contribution is 0.824. The van der Waals surface area contributed by atoms with Crippen molar-refractivity contribution in [3.63, 3.8) is 0 Å². The normalized spacial score (nSPS) is 21.8. The zero-order valence-electron chi connectivity index (χ0n) is 22.5. The van der Waals surface area contributed by atoms with Gasteiger partial charge in [0.2, 0.25) is 0 Å². The predicted molar refractivity (Wildman–Crippen MR) is 169 cm³/mol. The Labute approximate surface area is 229 Å². The minimum Gasteiger partial charge on any atom is -0.377 e. The van der Waals surface area contributed by atoms with Gasteiger partial charge in [0.1, 0.15) is 0 Å². The van der Waals surface area contributed by atoms with Crippen LogP contribution in [0.15, 0.2) is 103 Å². The molecule has 2 aliphatic heterocycles. The van der Waals surface area contributed by atoms with Crippen LogP contribution in [0, 0.1) is 0 Å². The van der Waals surface area contributed by atoms with E-state index in [1.54, 1.807) is 0 Å². The van der Waals surface area contributed by atoms with Crippen LogP contribution < -0.4 is 10.6 Å². The third-order valence-electron chi connectivity index (χ3n) is 8.94. The summed E-state index contributed by atoms with van der Waals surface area (Å²) < 4.78 is 0. The first-order valence-electron chi connectivity index (χ1n) is 14.3. The maximum atomic E-state index is 3.84. The SMILES string of the molecule is CCC1C=C(C2=CC(c3ccc4ccc5cccc6ccc3c4c56)CC=C2)c2ccc3c(c2N1)NC(C)C=C3. The minimum atomic E-state index is 0.311. The molecule has 0 bridgehead atoms. The highest BCUT2D eigenvalue weighted by atomic mass is 15.0. The highest BCUT2D eigenvalue weighted by Gasteiger charge is 2.27. The second-order valence-electron chi connectivity index (χ2n) is 11.4. The average molecular weight is 505 g/mol. The Balaban J connectivity index is 1.27. The molecule has 39 heavy (non-hydrogen) atoms. The van der Waals surface area contributed by atoms with Gasteiger partial charge in [0.15, 0.2) is 0 Å². The van der Waals surface area contributed by atoms with Gasteiger partial charge in [0.25, 0.3) is 0 Å². The molecule has 0 amide bonds. The molecule has 1 aliphatic carbocycles. The fourth-order valence-corrected chi connectivity index (χ4v) is 6.96. The third-order valence-corrected chi connectivity index (χ3v) is 8.94. The predicted octanol–water partition coefficient (Wildman–Crippen LogP) is 9.67. The molecular weight excluding hydrogens is 472 g/mol. The van der Waals surface area contributed by atoms with Crippen LogP contribution in [0.25, 0.3) is 44.0 Å². The lowest BCUT2D eigenvalue weighted by atomic mass is 9.80. The van der Waals surface area contributed by atoms with Gasteiger partial charge >= 0.3 is 0 Å². The van der Waals surface area contributed by atoms with E-state index in [9.17, 15) is 0 Å². The molecule has 0 aromatic heterocycles. The maximum Gasteiger partial charge on any atom is 0.0666 e. The van der Waals surface area contributed by atoms with Crippen LogP contribution >= 0.6 is 0 Å². The van der Waals surface area contributed by atoms with Gasteiger partial charge in [0, 0.05) is 23.6 Å². The van der Waals surface area contributed by atoms with E-state index in [1.807, 2.05) is 0 Å². The van der Waals surface area contributed by atoms with Crippen LogP contribution in [0.3, 0.4) is 0 Å². The van der Waals surface area contributed by atoms with Crippen LogP contribution in [0.4, 0.5) is 11.4 Å². The Morgan fingerprint density at radius 2 is 1.56 bits per heavy atom. The summed E-state index contributed by atoms with van der Waals surface area (Å²) in [5.41, 5.74) is 9.13. The molecule has 0 saturated heterocycles. The number of nitrogens with one attached hydrogen (secondary N) is 2. The van der Waals surface area contributed by atoms with Crippen molar-refractivity contribution in [2.24, 2.45) is 0 Å². The summed E-state index contributed by atoms with van der Waals surface area (Å²) in [6, 6.07) is 25.7. The largest absolute Gasteiger partial charge is 0.377 e. The Bertz CT molecular complexity index is 1880. The van der Waals surface area contributed by atoms with E-state index in [0.29, 0.717) is 18.0 Å². The van der Waals surface area contributed by atoms with Crippen molar-refractivity contribution in [2.75, 3.05) is 10.6 Å². The van der Waals surface area contributed by atoms with Crippen LogP contribution in [0.5, 0.6) is 0 Å². The summed E-state index contributed by atoms with van der Waals surface area (Å²) in [6.45, 7) is 4.48. The van der Waals surface area contributed by atoms with E-state index in [-0.39, 0.29) is 0 Å². The first-order valence-corrected chi connectivity index (χ1v) is 14.3. The summed E-state index contributed by atoms with van der Waals surface area (Å²) in [7, 11) is 0. The molecule has 2 N–H and O–H groups in total. The van der Waals surface area contributed by atoms with Gasteiger partial charge in [-0.25, -0.2) is 0 Å². The lowest BCUT2D eigenvalue weighted by Gasteiger charge is -2.32. The number of hydrogen-bond donors (Lipinski definition) is 2. The molecule has 0 saturated carbocycles. The zero-order valence-corrected chi connectivity index (χ0v) is 22.5. The van der Waals surface area contributed by atoms with Crippen molar-refractivity contribution in [3.8, 4) is 0 Å². The number of rotatable bonds is 3. The molecule has 8 rings (SSSR count). The fourth-order valence-electron chi connectivity index (χ4n) is 6.96. The van der Waals surface area contributed by atoms with Gasteiger partial charge < -0.3 is 10.6 Å². The van der Waals surface area contributed by atoms with Crippen molar-refractivity contribution < 1.29 is 0 Å². The molecule has 3 unspecified atom stereocenters. The summed E-state index contributed by atoms with van der Waals surface area (Å²) in [6.07, 6.45) is 16.2. The summed E-state index contributed by atoms with van der Waals surface area (Å²) >= 11 is 0. The first kappa shape index (κ1) is 22.7. The van der Waals surface area contributed by atoms with E-state index in [0.717, 1.165) is 12.8 Å². The quantitative estimate of drug-likeness (QED) is 0.239. The molecule has 2 heterocycles. The molecule has 190 valence electrons. The maximum absolute atomic E-state index is 3.84. The summed E-state index contributed by atoms with van der Waals surface area (Å²) in [5.74, 6) is 0.340. The van der Waals surface area contributed by atoms with Gasteiger partial charge in [-0.05, 0) is 74.4 Å². The molecule has 0 radical (unpaired) electrons. The molecule has 0 fully saturated rings. The van der Waals surface area contributed by atoms with Gasteiger partial charge in [-0.15, -0.1) is 0 Å². The van der Waals surface area contributed by atoms with Gasteiger partial charge in [-0.3, -0.25) is 0 Å². The highest BCUT2D eigenvalue weighted by molar-refractivity contribution is 6.23. The summed E-state index contributed by atoms with van der Waals surface area (Å²) in [4.78, 5) is 0. The van der Waals surface area contributed by atoms with Crippen LogP contribution in [-0.2, 0) is 0 Å². The smallest absolute Gasteiger partial charge is 0.0666 e. The van der Waals surface area contributed by atoms with Crippen molar-refractivity contribution in [2.45, 2.75) is 44.7 Å². The minimum absolute atomic E-state index is 0.311. The van der Waals surface area contributed by atoms with Gasteiger partial charge in [-0.1, -0.05) is 110 Å². The Kier molecular flexibility index (Phi) is 5.00. The Hall–Kier alpha value is -4.30. The number of hydrogen-bond acceptors (Lipinski definition) is 2. The Morgan fingerprint density at radius 1 is 0.769 bits per heavy atom. The van der Waals surface area contributed by atoms with Crippen LogP contribution in [0.2, 0.25) is 0 Å². The topological polar surface area (TPSA) is 24.1 Å². The van der Waals surface area contributed by atoms with Crippen molar-refractivity contribution in [1.29, 1.82) is 0 Å². The van der Waals surface area contributed by atoms with E-state index < -0.39 is 0 Å². The number of fused-ring (bicyclic) bond motifs is 3. The molecule has 2 heteroatoms. The molecule has 5 aromatic rings. The van der Waals surface area contributed by atoms with Crippen LogP contribution in [0.1, 0.15) is 49.3 Å². The molecule has 3 atom stereocenters. The van der Waals surface area contributed by atoms with Crippen molar-refractivity contribution in [3.05, 3.63) is 119 Å². The monoisotopic (exact) mass is 504 g/mol. The third kappa shape index (κ3) is 3.48. The van der Waals surface area contributed by atoms with Crippen molar-refractivity contribution >= 4 is 55.3 Å². The second-order valence-corrected chi connectivity index (χ2v) is 11.4. The molecule has 3 aliphatic rings. The molecule has 0 spiro atoms. The summed E-state index contributed by atoms with van der Waals surface area (Å²) in [5, 5.41) is 15.7. The van der Waals surface area contributed by atoms with E-state index in [1.165, 1.54) is 71.5 Å². The van der Waals surface area contributed by atoms with Crippen LogP contribution in [-0.4, -0.2) is 12.1 Å². The number of allylic oxidation sites excluding steroid dienone is 5.